The van der Waals surface area contributed by atoms with Crippen LogP contribution in [0.1, 0.15) is 6.92 Å². The lowest BCUT2D eigenvalue weighted by atomic mass is 10.3. The van der Waals surface area contributed by atoms with E-state index in [0.29, 0.717) is 6.21 Å². The molecule has 1 aliphatic heterocycles. The molecule has 16 heavy (non-hydrogen) atoms. The largest absolute Gasteiger partial charge is 0.478 e. The standard InChI is InChI=1S/C7H9NO6S2/c1-2-15(11,12)4-6-5(7(9)10)3-8-16(6,13)14/h3H,2,4H2,1H3,(H,9,10). The van der Waals surface area contributed by atoms with Crippen molar-refractivity contribution in [2.45, 2.75) is 6.92 Å². The zero-order valence-electron chi connectivity index (χ0n) is 8.24. The molecule has 0 aromatic rings. The fourth-order valence-corrected chi connectivity index (χ4v) is 3.71. The SMILES string of the molecule is CCS(=O)(=O)CC1=C(C(=O)O)C=NS1(=O)=O. The van der Waals surface area contributed by atoms with Crippen LogP contribution in [0.4, 0.5) is 0 Å². The number of sulfonamides is 1. The van der Waals surface area contributed by atoms with Crippen molar-refractivity contribution in [1.82, 2.24) is 0 Å². The van der Waals surface area contributed by atoms with Gasteiger partial charge >= 0.3 is 5.97 Å². The van der Waals surface area contributed by atoms with Gasteiger partial charge in [0.2, 0.25) is 0 Å². The third kappa shape index (κ3) is 2.47. The van der Waals surface area contributed by atoms with Crippen molar-refractivity contribution in [2.24, 2.45) is 4.40 Å². The maximum Gasteiger partial charge on any atom is 0.338 e. The van der Waals surface area contributed by atoms with E-state index < -0.39 is 42.1 Å². The Morgan fingerprint density at radius 1 is 1.50 bits per heavy atom. The molecule has 0 aromatic carbocycles. The lowest BCUT2D eigenvalue weighted by Gasteiger charge is -2.02. The first-order valence-electron chi connectivity index (χ1n) is 4.17. The van der Waals surface area contributed by atoms with Crippen LogP contribution in [0.15, 0.2) is 14.9 Å². The van der Waals surface area contributed by atoms with Crippen LogP contribution in [-0.2, 0) is 24.7 Å². The fourth-order valence-electron chi connectivity index (χ4n) is 1.03. The maximum atomic E-state index is 11.3. The average Bonchev–Trinajstić information content (AvgIpc) is 2.42. The molecule has 9 heteroatoms. The molecule has 7 nitrogen and oxygen atoms in total. The van der Waals surface area contributed by atoms with Gasteiger partial charge in [-0.25, -0.2) is 13.2 Å². The number of rotatable bonds is 4. The van der Waals surface area contributed by atoms with E-state index in [9.17, 15) is 21.6 Å². The number of carbonyl (C=O) groups is 1. The van der Waals surface area contributed by atoms with Gasteiger partial charge in [-0.3, -0.25) is 0 Å². The summed E-state index contributed by atoms with van der Waals surface area (Å²) in [4.78, 5) is 10.0. The number of aliphatic carboxylic acids is 1. The summed E-state index contributed by atoms with van der Waals surface area (Å²) < 4.78 is 48.1. The molecule has 0 amide bonds. The molecule has 0 aliphatic carbocycles. The van der Waals surface area contributed by atoms with Gasteiger partial charge in [0.15, 0.2) is 9.84 Å². The first-order chi connectivity index (χ1) is 7.19. The number of carboxylic acid groups (broad SMARTS) is 1. The van der Waals surface area contributed by atoms with Gasteiger partial charge in [-0.05, 0) is 0 Å². The fraction of sp³-hybridized carbons (Fsp3) is 0.429. The Labute approximate surface area is 92.5 Å². The van der Waals surface area contributed by atoms with Crippen LogP contribution in [0.5, 0.6) is 0 Å². The molecule has 0 radical (unpaired) electrons. The number of hydrogen-bond donors (Lipinski definition) is 1. The average molecular weight is 267 g/mol. The number of hydrogen-bond acceptors (Lipinski definition) is 5. The molecular formula is C7H9NO6S2. The van der Waals surface area contributed by atoms with Gasteiger partial charge in [0.25, 0.3) is 10.0 Å². The number of sulfone groups is 1. The van der Waals surface area contributed by atoms with E-state index >= 15 is 0 Å². The highest BCUT2D eigenvalue weighted by molar-refractivity contribution is 7.97. The summed E-state index contributed by atoms with van der Waals surface area (Å²) in [6.45, 7) is 1.35. The van der Waals surface area contributed by atoms with Crippen molar-refractivity contribution >= 4 is 32.0 Å². The predicted molar refractivity (Wildman–Crippen MR) is 56.4 cm³/mol. The Bertz CT molecular complexity index is 580. The third-order valence-electron chi connectivity index (χ3n) is 1.95. The number of carboxylic acids is 1. The van der Waals surface area contributed by atoms with E-state index in [1.165, 1.54) is 6.92 Å². The van der Waals surface area contributed by atoms with Crippen molar-refractivity contribution in [3.8, 4) is 0 Å². The molecule has 0 spiro atoms. The summed E-state index contributed by atoms with van der Waals surface area (Å²) in [6.07, 6.45) is 0.651. The second-order valence-corrected chi connectivity index (χ2v) is 7.04. The van der Waals surface area contributed by atoms with Gasteiger partial charge in [-0.15, -0.1) is 0 Å². The summed E-state index contributed by atoms with van der Waals surface area (Å²) in [5.41, 5.74) is -0.586. The summed E-state index contributed by atoms with van der Waals surface area (Å²) in [5, 5.41) is 8.68. The molecule has 1 aliphatic rings. The van der Waals surface area contributed by atoms with Gasteiger partial charge < -0.3 is 5.11 Å². The highest BCUT2D eigenvalue weighted by Crippen LogP contribution is 2.22. The van der Waals surface area contributed by atoms with Gasteiger partial charge in [0, 0.05) is 5.75 Å². The first kappa shape index (κ1) is 12.8. The van der Waals surface area contributed by atoms with E-state index in [0.717, 1.165) is 0 Å². The molecule has 1 N–H and O–H groups in total. The molecule has 1 rings (SSSR count). The Morgan fingerprint density at radius 2 is 2.06 bits per heavy atom. The van der Waals surface area contributed by atoms with Crippen molar-refractivity contribution in [3.05, 3.63) is 10.5 Å². The van der Waals surface area contributed by atoms with E-state index in [1.807, 2.05) is 0 Å². The second-order valence-electron chi connectivity index (χ2n) is 3.03. The lowest BCUT2D eigenvalue weighted by Crippen LogP contribution is -2.17. The minimum absolute atomic E-state index is 0.265. The molecule has 0 bridgehead atoms. The molecule has 0 saturated heterocycles. The van der Waals surface area contributed by atoms with Crippen molar-refractivity contribution in [1.29, 1.82) is 0 Å². The topological polar surface area (TPSA) is 118 Å². The minimum atomic E-state index is -4.14. The van der Waals surface area contributed by atoms with E-state index in [-0.39, 0.29) is 5.75 Å². The van der Waals surface area contributed by atoms with Gasteiger partial charge in [0.05, 0.1) is 22.4 Å². The lowest BCUT2D eigenvalue weighted by molar-refractivity contribution is -0.132. The quantitative estimate of drug-likeness (QED) is 0.710. The normalized spacial score (nSPS) is 19.1. The van der Waals surface area contributed by atoms with Crippen molar-refractivity contribution in [2.75, 3.05) is 11.5 Å². The van der Waals surface area contributed by atoms with Crippen LogP contribution in [0.3, 0.4) is 0 Å². The van der Waals surface area contributed by atoms with Crippen LogP contribution < -0.4 is 0 Å². The Morgan fingerprint density at radius 3 is 2.50 bits per heavy atom. The maximum absolute atomic E-state index is 11.3. The molecule has 0 unspecified atom stereocenters. The molecule has 0 aromatic heterocycles. The van der Waals surface area contributed by atoms with Gasteiger partial charge in [-0.1, -0.05) is 6.92 Å². The molecule has 90 valence electrons. The summed E-state index contributed by atoms with van der Waals surface area (Å²) >= 11 is 0. The third-order valence-corrected chi connectivity index (χ3v) is 5.11. The Hall–Kier alpha value is -1.22. The highest BCUT2D eigenvalue weighted by atomic mass is 32.2. The van der Waals surface area contributed by atoms with Crippen LogP contribution in [0.2, 0.25) is 0 Å². The second kappa shape index (κ2) is 3.98. The molecule has 0 fully saturated rings. The van der Waals surface area contributed by atoms with Crippen molar-refractivity contribution < 1.29 is 26.7 Å². The zero-order valence-corrected chi connectivity index (χ0v) is 9.88. The molecule has 0 saturated carbocycles. The predicted octanol–water partition coefficient (Wildman–Crippen LogP) is -0.826. The van der Waals surface area contributed by atoms with Crippen LogP contribution >= 0.6 is 0 Å². The van der Waals surface area contributed by atoms with E-state index in [1.54, 1.807) is 0 Å². The van der Waals surface area contributed by atoms with Crippen molar-refractivity contribution in [3.63, 3.8) is 0 Å². The summed E-state index contributed by atoms with van der Waals surface area (Å²) in [7, 11) is -7.76. The zero-order chi connectivity index (χ0) is 12.6. The van der Waals surface area contributed by atoms with Crippen LogP contribution in [0, 0.1) is 0 Å². The smallest absolute Gasteiger partial charge is 0.338 e. The van der Waals surface area contributed by atoms with Gasteiger partial charge in [-0.2, -0.15) is 12.8 Å². The minimum Gasteiger partial charge on any atom is -0.478 e. The highest BCUT2D eigenvalue weighted by Gasteiger charge is 2.32. The Kier molecular flexibility index (Phi) is 3.20. The molecule has 0 atom stereocenters. The van der Waals surface area contributed by atoms with Gasteiger partial charge in [0.1, 0.15) is 0 Å². The molecule has 1 heterocycles. The summed E-state index contributed by atoms with van der Waals surface area (Å²) in [5.74, 6) is -2.60. The molecular weight excluding hydrogens is 258 g/mol. The van der Waals surface area contributed by atoms with Crippen LogP contribution in [0.25, 0.3) is 0 Å². The van der Waals surface area contributed by atoms with E-state index in [4.69, 9.17) is 5.11 Å². The first-order valence-corrected chi connectivity index (χ1v) is 7.43. The van der Waals surface area contributed by atoms with Crippen LogP contribution in [-0.4, -0.2) is 45.6 Å². The Balaban J connectivity index is 3.29. The summed E-state index contributed by atoms with van der Waals surface area (Å²) in [6, 6.07) is 0. The monoisotopic (exact) mass is 267 g/mol. The van der Waals surface area contributed by atoms with E-state index in [2.05, 4.69) is 4.40 Å². The number of nitrogens with zero attached hydrogens (tertiary/aromatic N) is 1.